The molecule has 1 heterocycles. The van der Waals surface area contributed by atoms with E-state index in [0.717, 1.165) is 5.39 Å². The molecule has 0 N–H and O–H groups in total. The Morgan fingerprint density at radius 1 is 1.38 bits per heavy atom. The Kier molecular flexibility index (Phi) is 2.81. The molecular weight excluding hydrogens is 209 g/mol. The molecule has 1 aromatic carbocycles. The number of aromatic nitrogens is 1. The molecule has 0 radical (unpaired) electrons. The highest BCUT2D eigenvalue weighted by Crippen LogP contribution is 2.15. The minimum Gasteiger partial charge on any atom is -0.465 e. The summed E-state index contributed by atoms with van der Waals surface area (Å²) in [5.74, 6) is -0.422. The number of hydrogen-bond donors (Lipinski definition) is 0. The first-order valence-corrected chi connectivity index (χ1v) is 4.78. The maximum Gasteiger partial charge on any atom is 0.337 e. The largest absolute Gasteiger partial charge is 0.465 e. The highest BCUT2D eigenvalue weighted by Gasteiger charge is 2.06. The Balaban J connectivity index is 2.54. The molecule has 0 atom stereocenters. The van der Waals surface area contributed by atoms with Gasteiger partial charge in [-0.1, -0.05) is 12.1 Å². The fourth-order valence-electron chi connectivity index (χ4n) is 1.48. The number of fused-ring (bicyclic) bond motifs is 1. The van der Waals surface area contributed by atoms with Crippen LogP contribution in [0.1, 0.15) is 16.1 Å². The van der Waals surface area contributed by atoms with E-state index in [9.17, 15) is 9.18 Å². The number of pyridine rings is 1. The Morgan fingerprint density at radius 3 is 2.81 bits per heavy atom. The fraction of sp³-hybridized carbons (Fsp3) is 0.167. The van der Waals surface area contributed by atoms with E-state index < -0.39 is 12.6 Å². The number of alkyl halides is 1. The van der Waals surface area contributed by atoms with E-state index in [-0.39, 0.29) is 0 Å². The highest BCUT2D eigenvalue weighted by atomic mass is 19.1. The van der Waals surface area contributed by atoms with E-state index in [2.05, 4.69) is 9.72 Å². The number of hydrogen-bond acceptors (Lipinski definition) is 3. The molecule has 0 bridgehead atoms. The molecule has 0 fully saturated rings. The van der Waals surface area contributed by atoms with Gasteiger partial charge in [-0.2, -0.15) is 0 Å². The average Bonchev–Trinajstić information content (AvgIpc) is 2.36. The van der Waals surface area contributed by atoms with Crippen molar-refractivity contribution in [1.29, 1.82) is 0 Å². The number of methoxy groups -OCH3 is 1. The van der Waals surface area contributed by atoms with E-state index in [0.29, 0.717) is 16.8 Å². The summed E-state index contributed by atoms with van der Waals surface area (Å²) >= 11 is 0. The van der Waals surface area contributed by atoms with Gasteiger partial charge >= 0.3 is 5.97 Å². The van der Waals surface area contributed by atoms with Gasteiger partial charge in [0.15, 0.2) is 0 Å². The molecule has 4 heteroatoms. The zero-order chi connectivity index (χ0) is 11.5. The molecule has 0 spiro atoms. The Labute approximate surface area is 91.9 Å². The van der Waals surface area contributed by atoms with Crippen molar-refractivity contribution in [1.82, 2.24) is 4.98 Å². The number of rotatable bonds is 2. The van der Waals surface area contributed by atoms with Crippen molar-refractivity contribution in [2.45, 2.75) is 6.67 Å². The van der Waals surface area contributed by atoms with Crippen molar-refractivity contribution < 1.29 is 13.9 Å². The van der Waals surface area contributed by atoms with Crippen LogP contribution in [-0.2, 0) is 11.4 Å². The van der Waals surface area contributed by atoms with Gasteiger partial charge in [-0.15, -0.1) is 0 Å². The molecule has 0 unspecified atom stereocenters. The third-order valence-corrected chi connectivity index (χ3v) is 2.31. The maximum atomic E-state index is 12.4. The summed E-state index contributed by atoms with van der Waals surface area (Å²) < 4.78 is 17.0. The summed E-state index contributed by atoms with van der Waals surface area (Å²) in [4.78, 5) is 15.4. The zero-order valence-electron chi connectivity index (χ0n) is 8.74. The number of ether oxygens (including phenoxy) is 1. The molecule has 1 aromatic heterocycles. The van der Waals surface area contributed by atoms with Gasteiger partial charge in [0.1, 0.15) is 6.67 Å². The Morgan fingerprint density at radius 2 is 2.12 bits per heavy atom. The molecule has 2 aromatic rings. The van der Waals surface area contributed by atoms with Gasteiger partial charge < -0.3 is 4.74 Å². The number of esters is 1. The third-order valence-electron chi connectivity index (χ3n) is 2.31. The maximum absolute atomic E-state index is 12.4. The predicted octanol–water partition coefficient (Wildman–Crippen LogP) is 2.49. The molecule has 0 amide bonds. The van der Waals surface area contributed by atoms with Crippen LogP contribution in [0.4, 0.5) is 4.39 Å². The Bertz CT molecular complexity index is 540. The van der Waals surface area contributed by atoms with Crippen LogP contribution in [-0.4, -0.2) is 18.1 Å². The molecule has 16 heavy (non-hydrogen) atoms. The molecule has 3 nitrogen and oxygen atoms in total. The van der Waals surface area contributed by atoms with E-state index in [1.807, 2.05) is 0 Å². The number of benzene rings is 1. The first-order chi connectivity index (χ1) is 7.74. The number of carbonyl (C=O) groups excluding carboxylic acids is 1. The van der Waals surface area contributed by atoms with Crippen LogP contribution >= 0.6 is 0 Å². The normalized spacial score (nSPS) is 10.4. The van der Waals surface area contributed by atoms with Crippen LogP contribution in [0.2, 0.25) is 0 Å². The summed E-state index contributed by atoms with van der Waals surface area (Å²) in [6, 6.07) is 8.42. The average molecular weight is 219 g/mol. The summed E-state index contributed by atoms with van der Waals surface area (Å²) in [6.45, 7) is -0.613. The summed E-state index contributed by atoms with van der Waals surface area (Å²) in [5, 5.41) is 0.866. The van der Waals surface area contributed by atoms with Gasteiger partial charge in [-0.05, 0) is 18.2 Å². The lowest BCUT2D eigenvalue weighted by atomic mass is 10.1. The van der Waals surface area contributed by atoms with Crippen LogP contribution in [0.5, 0.6) is 0 Å². The summed E-state index contributed by atoms with van der Waals surface area (Å²) in [6.07, 6.45) is 0. The van der Waals surface area contributed by atoms with Crippen LogP contribution < -0.4 is 0 Å². The van der Waals surface area contributed by atoms with Gasteiger partial charge in [0.05, 0.1) is 23.9 Å². The van der Waals surface area contributed by atoms with E-state index in [1.54, 1.807) is 30.3 Å². The first kappa shape index (κ1) is 10.5. The van der Waals surface area contributed by atoms with E-state index >= 15 is 0 Å². The topological polar surface area (TPSA) is 39.2 Å². The summed E-state index contributed by atoms with van der Waals surface area (Å²) in [5.41, 5.74) is 1.37. The number of nitrogens with zero attached hydrogens (tertiary/aromatic N) is 1. The van der Waals surface area contributed by atoms with Crippen molar-refractivity contribution in [3.05, 3.63) is 41.6 Å². The number of carbonyl (C=O) groups is 1. The van der Waals surface area contributed by atoms with Crippen LogP contribution in [0.3, 0.4) is 0 Å². The van der Waals surface area contributed by atoms with Gasteiger partial charge in [0.2, 0.25) is 0 Å². The third kappa shape index (κ3) is 1.86. The van der Waals surface area contributed by atoms with Crippen molar-refractivity contribution in [2.24, 2.45) is 0 Å². The Hall–Kier alpha value is -1.97. The lowest BCUT2D eigenvalue weighted by Crippen LogP contribution is -2.01. The second kappa shape index (κ2) is 4.26. The SMILES string of the molecule is COC(=O)c1ccc2ccc(CF)nc2c1. The quantitative estimate of drug-likeness (QED) is 0.728. The second-order valence-corrected chi connectivity index (χ2v) is 3.34. The number of halogens is 1. The van der Waals surface area contributed by atoms with Crippen molar-refractivity contribution >= 4 is 16.9 Å². The van der Waals surface area contributed by atoms with Crippen molar-refractivity contribution in [3.63, 3.8) is 0 Å². The van der Waals surface area contributed by atoms with Gasteiger partial charge in [0, 0.05) is 5.39 Å². The highest BCUT2D eigenvalue weighted by molar-refractivity contribution is 5.94. The zero-order valence-corrected chi connectivity index (χ0v) is 8.74. The second-order valence-electron chi connectivity index (χ2n) is 3.34. The molecule has 0 aliphatic rings. The summed E-state index contributed by atoms with van der Waals surface area (Å²) in [7, 11) is 1.32. The standard InChI is InChI=1S/C12H10FNO2/c1-16-12(15)9-3-2-8-4-5-10(7-13)14-11(8)6-9/h2-6H,7H2,1H3. The lowest BCUT2D eigenvalue weighted by molar-refractivity contribution is 0.0601. The molecule has 0 aliphatic heterocycles. The van der Waals surface area contributed by atoms with Gasteiger partial charge in [-0.25, -0.2) is 9.18 Å². The monoisotopic (exact) mass is 219 g/mol. The smallest absolute Gasteiger partial charge is 0.337 e. The first-order valence-electron chi connectivity index (χ1n) is 4.78. The van der Waals surface area contributed by atoms with E-state index in [1.165, 1.54) is 7.11 Å². The van der Waals surface area contributed by atoms with Crippen LogP contribution in [0.25, 0.3) is 10.9 Å². The minimum absolute atomic E-state index is 0.356. The lowest BCUT2D eigenvalue weighted by Gasteiger charge is -2.02. The molecule has 0 saturated heterocycles. The fourth-order valence-corrected chi connectivity index (χ4v) is 1.48. The van der Waals surface area contributed by atoms with Crippen LogP contribution in [0, 0.1) is 0 Å². The van der Waals surface area contributed by atoms with Gasteiger partial charge in [0.25, 0.3) is 0 Å². The molecule has 0 aliphatic carbocycles. The molecule has 2 rings (SSSR count). The molecule has 82 valence electrons. The minimum atomic E-state index is -0.613. The molecular formula is C12H10FNO2. The van der Waals surface area contributed by atoms with Crippen LogP contribution in [0.15, 0.2) is 30.3 Å². The van der Waals surface area contributed by atoms with E-state index in [4.69, 9.17) is 0 Å². The van der Waals surface area contributed by atoms with Gasteiger partial charge in [-0.3, -0.25) is 4.98 Å². The predicted molar refractivity (Wildman–Crippen MR) is 57.9 cm³/mol. The van der Waals surface area contributed by atoms with Crippen molar-refractivity contribution in [3.8, 4) is 0 Å². The van der Waals surface area contributed by atoms with Crippen molar-refractivity contribution in [2.75, 3.05) is 7.11 Å². The molecule has 0 saturated carbocycles.